The number of rotatable bonds is 2. The SMILES string of the molecule is C[C@]12CC[C@@H]3c4ccc(OC(=O)c5ccccc5)cc4CC[C@@H]3[C@@H]1CC[C@@H]2O. The zero-order chi connectivity index (χ0) is 19.3. The van der Waals surface area contributed by atoms with Gasteiger partial charge < -0.3 is 9.84 Å². The molecule has 3 heteroatoms. The van der Waals surface area contributed by atoms with E-state index in [0.717, 1.165) is 25.7 Å². The predicted molar refractivity (Wildman–Crippen MR) is 108 cm³/mol. The molecular formula is C25H28O3. The quantitative estimate of drug-likeness (QED) is 0.584. The molecule has 0 spiro atoms. The molecule has 146 valence electrons. The number of carbonyl (C=O) groups excluding carboxylic acids is 1. The number of aliphatic hydroxyl groups is 1. The number of hydrogen-bond donors (Lipinski definition) is 1. The van der Waals surface area contributed by atoms with Crippen molar-refractivity contribution in [3.05, 3.63) is 65.2 Å². The molecule has 1 N–H and O–H groups in total. The Bertz CT molecular complexity index is 890. The summed E-state index contributed by atoms with van der Waals surface area (Å²) >= 11 is 0. The van der Waals surface area contributed by atoms with Crippen molar-refractivity contribution in [2.75, 3.05) is 0 Å². The van der Waals surface area contributed by atoms with Crippen LogP contribution in [0.2, 0.25) is 0 Å². The lowest BCUT2D eigenvalue weighted by molar-refractivity contribution is -0.0226. The standard InChI is InChI=1S/C25H28O3/c1-25-14-13-20-19-10-8-18(28-24(27)16-5-3-2-4-6-16)15-17(19)7-9-21(20)22(25)11-12-23(25)26/h2-6,8,10,15,20-23,26H,7,9,11-14H2,1H3/t20-,21+,22+,23+,25+/m1/s1. The highest BCUT2D eigenvalue weighted by molar-refractivity contribution is 5.91. The van der Waals surface area contributed by atoms with Gasteiger partial charge in [-0.1, -0.05) is 31.2 Å². The minimum atomic E-state index is -0.303. The summed E-state index contributed by atoms with van der Waals surface area (Å²) < 4.78 is 5.63. The second-order valence-electron chi connectivity index (χ2n) is 9.17. The van der Waals surface area contributed by atoms with Crippen LogP contribution < -0.4 is 4.74 Å². The van der Waals surface area contributed by atoms with Crippen molar-refractivity contribution >= 4 is 5.97 Å². The third kappa shape index (κ3) is 2.79. The smallest absolute Gasteiger partial charge is 0.343 e. The fraction of sp³-hybridized carbons (Fsp3) is 0.480. The van der Waals surface area contributed by atoms with E-state index in [-0.39, 0.29) is 17.5 Å². The van der Waals surface area contributed by atoms with Crippen LogP contribution in [0.3, 0.4) is 0 Å². The van der Waals surface area contributed by atoms with Gasteiger partial charge in [0.2, 0.25) is 0 Å². The van der Waals surface area contributed by atoms with Crippen molar-refractivity contribution < 1.29 is 14.6 Å². The van der Waals surface area contributed by atoms with Gasteiger partial charge in [-0.05, 0) is 97.1 Å². The lowest BCUT2D eigenvalue weighted by Gasteiger charge is -2.50. The first-order valence-corrected chi connectivity index (χ1v) is 10.6. The van der Waals surface area contributed by atoms with Crippen LogP contribution in [0.4, 0.5) is 0 Å². The molecule has 2 fully saturated rings. The topological polar surface area (TPSA) is 46.5 Å². The Morgan fingerprint density at radius 3 is 2.71 bits per heavy atom. The Morgan fingerprint density at radius 2 is 1.89 bits per heavy atom. The van der Waals surface area contributed by atoms with E-state index in [1.807, 2.05) is 24.3 Å². The zero-order valence-corrected chi connectivity index (χ0v) is 16.4. The summed E-state index contributed by atoms with van der Waals surface area (Å²) in [4.78, 5) is 12.4. The van der Waals surface area contributed by atoms with E-state index >= 15 is 0 Å². The normalized spacial score (nSPS) is 33.5. The Labute approximate surface area is 166 Å². The van der Waals surface area contributed by atoms with Crippen LogP contribution in [0.25, 0.3) is 0 Å². The molecule has 0 aromatic heterocycles. The fourth-order valence-corrected chi connectivity index (χ4v) is 6.33. The molecule has 0 bridgehead atoms. The highest BCUT2D eigenvalue weighted by Gasteiger charge is 2.54. The third-order valence-corrected chi connectivity index (χ3v) is 7.87. The summed E-state index contributed by atoms with van der Waals surface area (Å²) in [7, 11) is 0. The van der Waals surface area contributed by atoms with E-state index < -0.39 is 0 Å². The molecule has 2 aromatic carbocycles. The number of aliphatic hydroxyl groups excluding tert-OH is 1. The van der Waals surface area contributed by atoms with Crippen LogP contribution in [-0.4, -0.2) is 17.2 Å². The number of fused-ring (bicyclic) bond motifs is 5. The lowest BCUT2D eigenvalue weighted by Crippen LogP contribution is -2.43. The van der Waals surface area contributed by atoms with Gasteiger partial charge in [0.05, 0.1) is 11.7 Å². The molecule has 3 aliphatic rings. The number of hydrogen-bond acceptors (Lipinski definition) is 3. The van der Waals surface area contributed by atoms with Gasteiger partial charge in [-0.3, -0.25) is 0 Å². The molecule has 3 aliphatic carbocycles. The molecule has 0 amide bonds. The van der Waals surface area contributed by atoms with E-state index in [2.05, 4.69) is 19.1 Å². The largest absolute Gasteiger partial charge is 0.423 e. The van der Waals surface area contributed by atoms with Gasteiger partial charge >= 0.3 is 5.97 Å². The van der Waals surface area contributed by atoms with Crippen molar-refractivity contribution in [3.63, 3.8) is 0 Å². The number of benzene rings is 2. The molecule has 0 radical (unpaired) electrons. The summed E-state index contributed by atoms with van der Waals surface area (Å²) in [6.45, 7) is 2.31. The Kier molecular flexibility index (Phi) is 4.31. The monoisotopic (exact) mass is 376 g/mol. The summed E-state index contributed by atoms with van der Waals surface area (Å²) in [5, 5.41) is 10.5. The van der Waals surface area contributed by atoms with Crippen LogP contribution in [0, 0.1) is 17.3 Å². The molecular weight excluding hydrogens is 348 g/mol. The summed E-state index contributed by atoms with van der Waals surface area (Å²) in [5.41, 5.74) is 3.47. The molecule has 2 aromatic rings. The summed E-state index contributed by atoms with van der Waals surface area (Å²) in [6.07, 6.45) is 6.50. The first-order chi connectivity index (χ1) is 13.6. The molecule has 3 nitrogen and oxygen atoms in total. The van der Waals surface area contributed by atoms with Crippen molar-refractivity contribution in [1.82, 2.24) is 0 Å². The van der Waals surface area contributed by atoms with Gasteiger partial charge in [-0.2, -0.15) is 0 Å². The second kappa shape index (κ2) is 6.73. The Hall–Kier alpha value is -2.13. The highest BCUT2D eigenvalue weighted by atomic mass is 16.5. The first kappa shape index (κ1) is 17.9. The number of carbonyl (C=O) groups is 1. The summed E-state index contributed by atoms with van der Waals surface area (Å²) in [6, 6.07) is 15.4. The molecule has 0 saturated heterocycles. The molecule has 0 aliphatic heterocycles. The van der Waals surface area contributed by atoms with Gasteiger partial charge in [-0.15, -0.1) is 0 Å². The molecule has 28 heavy (non-hydrogen) atoms. The van der Waals surface area contributed by atoms with E-state index in [0.29, 0.717) is 29.1 Å². The maximum absolute atomic E-state index is 12.4. The van der Waals surface area contributed by atoms with Crippen LogP contribution in [0.1, 0.15) is 66.4 Å². The average molecular weight is 376 g/mol. The van der Waals surface area contributed by atoms with Crippen LogP contribution in [-0.2, 0) is 6.42 Å². The van der Waals surface area contributed by atoms with E-state index in [4.69, 9.17) is 4.74 Å². The van der Waals surface area contributed by atoms with Crippen LogP contribution in [0.5, 0.6) is 5.75 Å². The minimum absolute atomic E-state index is 0.115. The Morgan fingerprint density at radius 1 is 1.07 bits per heavy atom. The maximum Gasteiger partial charge on any atom is 0.343 e. The van der Waals surface area contributed by atoms with Gasteiger partial charge in [0.15, 0.2) is 0 Å². The average Bonchev–Trinajstić information content (AvgIpc) is 3.03. The van der Waals surface area contributed by atoms with Gasteiger partial charge in [-0.25, -0.2) is 4.79 Å². The molecule has 5 atom stereocenters. The highest BCUT2D eigenvalue weighted by Crippen LogP contribution is 2.60. The zero-order valence-electron chi connectivity index (χ0n) is 16.4. The van der Waals surface area contributed by atoms with Crippen molar-refractivity contribution in [2.24, 2.45) is 17.3 Å². The summed E-state index contributed by atoms with van der Waals surface area (Å²) in [5.74, 6) is 2.25. The number of esters is 1. The van der Waals surface area contributed by atoms with Gasteiger partial charge in [0.25, 0.3) is 0 Å². The van der Waals surface area contributed by atoms with E-state index in [1.165, 1.54) is 24.0 Å². The van der Waals surface area contributed by atoms with Crippen LogP contribution >= 0.6 is 0 Å². The maximum atomic E-state index is 12.4. The first-order valence-electron chi connectivity index (χ1n) is 10.6. The lowest BCUT2D eigenvalue weighted by atomic mass is 9.55. The molecule has 0 unspecified atom stereocenters. The van der Waals surface area contributed by atoms with Crippen molar-refractivity contribution in [2.45, 2.75) is 57.5 Å². The van der Waals surface area contributed by atoms with E-state index in [9.17, 15) is 9.90 Å². The molecule has 2 saturated carbocycles. The van der Waals surface area contributed by atoms with Crippen molar-refractivity contribution in [3.8, 4) is 5.75 Å². The Balaban J connectivity index is 1.37. The predicted octanol–water partition coefficient (Wildman–Crippen LogP) is 5.12. The second-order valence-corrected chi connectivity index (χ2v) is 9.17. The minimum Gasteiger partial charge on any atom is -0.423 e. The fourth-order valence-electron chi connectivity index (χ4n) is 6.33. The van der Waals surface area contributed by atoms with E-state index in [1.54, 1.807) is 12.1 Å². The van der Waals surface area contributed by atoms with Crippen molar-refractivity contribution in [1.29, 1.82) is 0 Å². The number of aryl methyl sites for hydroxylation is 1. The molecule has 5 rings (SSSR count). The van der Waals surface area contributed by atoms with Gasteiger partial charge in [0.1, 0.15) is 5.75 Å². The molecule has 0 heterocycles. The van der Waals surface area contributed by atoms with Gasteiger partial charge in [0, 0.05) is 0 Å². The number of ether oxygens (including phenoxy) is 1. The van der Waals surface area contributed by atoms with Crippen LogP contribution in [0.15, 0.2) is 48.5 Å². The third-order valence-electron chi connectivity index (χ3n) is 7.87.